The maximum absolute atomic E-state index is 8.84. The molecule has 0 saturated heterocycles. The van der Waals surface area contributed by atoms with Gasteiger partial charge in [0.1, 0.15) is 11.5 Å². The predicted molar refractivity (Wildman–Crippen MR) is 110 cm³/mol. The van der Waals surface area contributed by atoms with Gasteiger partial charge in [-0.25, -0.2) is 0 Å². The van der Waals surface area contributed by atoms with Crippen LogP contribution in [0.5, 0.6) is 11.5 Å². The second kappa shape index (κ2) is 13.0. The van der Waals surface area contributed by atoms with Gasteiger partial charge in [-0.1, -0.05) is 25.3 Å². The Balaban J connectivity index is 1.56. The van der Waals surface area contributed by atoms with Crippen LogP contribution in [0.15, 0.2) is 53.8 Å². The van der Waals surface area contributed by atoms with Gasteiger partial charge in [-0.3, -0.25) is 15.3 Å². The minimum Gasteiger partial charge on any atom is -0.497 e. The largest absolute Gasteiger partial charge is 0.497 e. The summed E-state index contributed by atoms with van der Waals surface area (Å²) in [6.07, 6.45) is 10.6. The van der Waals surface area contributed by atoms with Gasteiger partial charge in [-0.2, -0.15) is 5.26 Å². The number of rotatable bonds is 11. The van der Waals surface area contributed by atoms with Gasteiger partial charge >= 0.3 is 0 Å². The topological polar surface area (TPSA) is 91.6 Å². The number of hydrogen-bond acceptors (Lipinski definition) is 5. The lowest BCUT2D eigenvalue weighted by molar-refractivity contribution is 0.302. The van der Waals surface area contributed by atoms with Crippen molar-refractivity contribution in [1.29, 1.82) is 5.26 Å². The Labute approximate surface area is 166 Å². The minimum absolute atomic E-state index is 0.459. The predicted octanol–water partition coefficient (Wildman–Crippen LogP) is 3.96. The van der Waals surface area contributed by atoms with Crippen LogP contribution in [-0.4, -0.2) is 31.2 Å². The van der Waals surface area contributed by atoms with Crippen molar-refractivity contribution in [2.75, 3.05) is 25.6 Å². The van der Waals surface area contributed by atoms with E-state index in [1.54, 1.807) is 19.5 Å². The highest BCUT2D eigenvalue weighted by atomic mass is 16.5. The Bertz CT molecular complexity index is 759. The highest BCUT2D eigenvalue weighted by Crippen LogP contribution is 2.19. The average molecular weight is 381 g/mol. The van der Waals surface area contributed by atoms with Crippen molar-refractivity contribution in [3.05, 3.63) is 48.8 Å². The quantitative estimate of drug-likeness (QED) is 0.201. The minimum atomic E-state index is 0.459. The maximum atomic E-state index is 8.84. The molecule has 0 radical (unpaired) electrons. The van der Waals surface area contributed by atoms with Crippen molar-refractivity contribution in [2.45, 2.75) is 32.1 Å². The molecule has 1 aromatic carbocycles. The standard InChI is InChI=1S/C21H27N5O2/c1-27-19-8-7-9-20(16-19)28-15-6-4-2-3-5-12-24-21(25-17-22)26-18-10-13-23-14-11-18/h7-11,13-14,16H,2-6,12,15H2,1H3,(H2,23,24,25,26). The van der Waals surface area contributed by atoms with Crippen LogP contribution >= 0.6 is 0 Å². The molecule has 7 nitrogen and oxygen atoms in total. The number of aromatic nitrogens is 1. The average Bonchev–Trinajstić information content (AvgIpc) is 2.73. The number of anilines is 1. The fourth-order valence-corrected chi connectivity index (χ4v) is 2.55. The molecule has 0 spiro atoms. The first-order valence-electron chi connectivity index (χ1n) is 9.45. The van der Waals surface area contributed by atoms with Crippen LogP contribution in [0.4, 0.5) is 5.69 Å². The molecule has 2 N–H and O–H groups in total. The van der Waals surface area contributed by atoms with Gasteiger partial charge in [-0.15, -0.1) is 0 Å². The third kappa shape index (κ3) is 8.41. The van der Waals surface area contributed by atoms with Gasteiger partial charge in [-0.05, 0) is 37.1 Å². The van der Waals surface area contributed by atoms with Gasteiger partial charge in [0.25, 0.3) is 0 Å². The van der Waals surface area contributed by atoms with E-state index < -0.39 is 0 Å². The molecule has 0 unspecified atom stereocenters. The number of guanidine groups is 1. The molecule has 0 aliphatic carbocycles. The summed E-state index contributed by atoms with van der Waals surface area (Å²) in [5, 5.41) is 14.5. The zero-order chi connectivity index (χ0) is 19.9. The lowest BCUT2D eigenvalue weighted by Gasteiger charge is -2.08. The summed E-state index contributed by atoms with van der Waals surface area (Å²) >= 11 is 0. The molecule has 0 fully saturated rings. The van der Waals surface area contributed by atoms with Crippen molar-refractivity contribution < 1.29 is 9.47 Å². The zero-order valence-corrected chi connectivity index (χ0v) is 16.2. The van der Waals surface area contributed by atoms with Crippen molar-refractivity contribution in [3.8, 4) is 17.7 Å². The fraction of sp³-hybridized carbons (Fsp3) is 0.381. The molecule has 0 saturated carbocycles. The number of nitriles is 1. The van der Waals surface area contributed by atoms with Crippen LogP contribution in [0.2, 0.25) is 0 Å². The molecule has 2 aromatic rings. The summed E-state index contributed by atoms with van der Waals surface area (Å²) in [7, 11) is 1.65. The first kappa shape index (κ1) is 21.0. The lowest BCUT2D eigenvalue weighted by atomic mass is 10.1. The van der Waals surface area contributed by atoms with E-state index in [2.05, 4.69) is 20.6 Å². The molecule has 148 valence electrons. The molecule has 1 heterocycles. The molecule has 2 rings (SSSR count). The van der Waals surface area contributed by atoms with Crippen molar-refractivity contribution in [1.82, 2.24) is 10.3 Å². The van der Waals surface area contributed by atoms with Gasteiger partial charge in [0.15, 0.2) is 6.19 Å². The SMILES string of the molecule is COc1cccc(OCCCCCCCN=C(NC#N)Nc2ccncc2)c1. The lowest BCUT2D eigenvalue weighted by Crippen LogP contribution is -2.27. The Kier molecular flexibility index (Phi) is 9.75. The summed E-state index contributed by atoms with van der Waals surface area (Å²) in [6.45, 7) is 1.37. The number of hydrogen-bond donors (Lipinski definition) is 2. The number of nitrogens with zero attached hydrogens (tertiary/aromatic N) is 3. The van der Waals surface area contributed by atoms with Crippen LogP contribution in [0.3, 0.4) is 0 Å². The summed E-state index contributed by atoms with van der Waals surface area (Å²) in [4.78, 5) is 8.37. The van der Waals surface area contributed by atoms with Crippen LogP contribution in [-0.2, 0) is 0 Å². The molecule has 7 heteroatoms. The molecule has 0 atom stereocenters. The summed E-state index contributed by atoms with van der Waals surface area (Å²) in [6, 6.07) is 11.3. The van der Waals surface area contributed by atoms with Crippen LogP contribution < -0.4 is 20.1 Å². The Hall–Kier alpha value is -3.27. The van der Waals surface area contributed by atoms with E-state index in [1.165, 1.54) is 0 Å². The number of benzene rings is 1. The second-order valence-corrected chi connectivity index (χ2v) is 6.12. The van der Waals surface area contributed by atoms with E-state index in [0.717, 1.165) is 49.3 Å². The normalized spacial score (nSPS) is 10.8. The van der Waals surface area contributed by atoms with Gasteiger partial charge in [0, 0.05) is 30.7 Å². The number of nitrogens with one attached hydrogen (secondary N) is 2. The van der Waals surface area contributed by atoms with E-state index in [4.69, 9.17) is 14.7 Å². The molecule has 0 bridgehead atoms. The number of ether oxygens (including phenoxy) is 2. The smallest absolute Gasteiger partial charge is 0.209 e. The van der Waals surface area contributed by atoms with Gasteiger partial charge in [0.05, 0.1) is 13.7 Å². The van der Waals surface area contributed by atoms with Gasteiger partial charge < -0.3 is 14.8 Å². The number of pyridine rings is 1. The summed E-state index contributed by atoms with van der Waals surface area (Å²) in [5.41, 5.74) is 0.840. The van der Waals surface area contributed by atoms with E-state index >= 15 is 0 Å². The third-order valence-corrected chi connectivity index (χ3v) is 4.00. The second-order valence-electron chi connectivity index (χ2n) is 6.12. The van der Waals surface area contributed by atoms with Crippen molar-refractivity contribution in [3.63, 3.8) is 0 Å². The van der Waals surface area contributed by atoms with Crippen molar-refractivity contribution >= 4 is 11.6 Å². The molecule has 1 aromatic heterocycles. The number of methoxy groups -OCH3 is 1. The Morgan fingerprint density at radius 3 is 2.61 bits per heavy atom. The molecule has 0 aliphatic rings. The van der Waals surface area contributed by atoms with E-state index in [-0.39, 0.29) is 0 Å². The van der Waals surface area contributed by atoms with Crippen LogP contribution in [0, 0.1) is 11.5 Å². The van der Waals surface area contributed by atoms with Gasteiger partial charge in [0.2, 0.25) is 5.96 Å². The van der Waals surface area contributed by atoms with Crippen LogP contribution in [0.25, 0.3) is 0 Å². The molecular formula is C21H27N5O2. The first-order chi connectivity index (χ1) is 13.8. The Morgan fingerprint density at radius 1 is 1.07 bits per heavy atom. The number of aliphatic imine (C=N–C) groups is 1. The van der Waals surface area contributed by atoms with E-state index in [1.807, 2.05) is 42.6 Å². The van der Waals surface area contributed by atoms with Crippen LogP contribution in [0.1, 0.15) is 32.1 Å². The summed E-state index contributed by atoms with van der Waals surface area (Å²) in [5.74, 6) is 2.11. The first-order valence-corrected chi connectivity index (χ1v) is 9.45. The van der Waals surface area contributed by atoms with E-state index in [9.17, 15) is 0 Å². The number of unbranched alkanes of at least 4 members (excludes halogenated alkanes) is 4. The zero-order valence-electron chi connectivity index (χ0n) is 16.2. The highest BCUT2D eigenvalue weighted by molar-refractivity contribution is 5.94. The molecular weight excluding hydrogens is 354 g/mol. The molecule has 0 amide bonds. The van der Waals surface area contributed by atoms with Crippen molar-refractivity contribution in [2.24, 2.45) is 4.99 Å². The summed E-state index contributed by atoms with van der Waals surface area (Å²) < 4.78 is 10.9. The maximum Gasteiger partial charge on any atom is 0.209 e. The highest BCUT2D eigenvalue weighted by Gasteiger charge is 1.99. The third-order valence-electron chi connectivity index (χ3n) is 4.00. The fourth-order valence-electron chi connectivity index (χ4n) is 2.55. The molecule has 0 aliphatic heterocycles. The van der Waals surface area contributed by atoms with E-state index in [0.29, 0.717) is 19.1 Å². The monoisotopic (exact) mass is 381 g/mol. The Morgan fingerprint density at radius 2 is 1.82 bits per heavy atom. The molecule has 28 heavy (non-hydrogen) atoms.